The van der Waals surface area contributed by atoms with Gasteiger partial charge in [0, 0.05) is 19.2 Å². The molecule has 0 saturated heterocycles. The molecule has 0 radical (unpaired) electrons. The molecule has 1 aromatic carbocycles. The molecule has 18 heavy (non-hydrogen) atoms. The smallest absolute Gasteiger partial charge is 0.240 e. The van der Waals surface area contributed by atoms with Crippen LogP contribution < -0.4 is 0 Å². The number of rotatable bonds is 1. The maximum Gasteiger partial charge on any atom is 0.240 e. The Bertz CT molecular complexity index is 521. The predicted octanol–water partition coefficient (Wildman–Crippen LogP) is 3.11. The van der Waals surface area contributed by atoms with E-state index < -0.39 is 17.5 Å². The van der Waals surface area contributed by atoms with Crippen LogP contribution in [0.15, 0.2) is 18.2 Å². The van der Waals surface area contributed by atoms with E-state index in [9.17, 15) is 18.0 Å². The quantitative estimate of drug-likeness (QED) is 0.552. The molecule has 0 bridgehead atoms. The van der Waals surface area contributed by atoms with Crippen LogP contribution in [0, 0.1) is 17.5 Å². The van der Waals surface area contributed by atoms with Crippen molar-refractivity contribution < 1.29 is 18.0 Å². The Balaban J connectivity index is 2.53. The molecule has 1 atom stereocenters. The van der Waals surface area contributed by atoms with Crippen LogP contribution in [0.25, 0.3) is 5.70 Å². The van der Waals surface area contributed by atoms with Crippen molar-refractivity contribution in [2.45, 2.75) is 10.3 Å². The second-order valence-electron chi connectivity index (χ2n) is 3.93. The van der Waals surface area contributed by atoms with Crippen LogP contribution in [-0.2, 0) is 4.79 Å². The van der Waals surface area contributed by atoms with Gasteiger partial charge in [-0.3, -0.25) is 4.79 Å². The summed E-state index contributed by atoms with van der Waals surface area (Å²) in [7, 11) is 1.45. The molecule has 1 amide bonds. The average Bonchev–Trinajstić information content (AvgIpc) is 2.28. The average molecular weight is 367 g/mol. The summed E-state index contributed by atoms with van der Waals surface area (Å²) in [5, 5.41) is 0. The molecule has 0 spiro atoms. The molecule has 1 aliphatic heterocycles. The van der Waals surface area contributed by atoms with Gasteiger partial charge in [0.25, 0.3) is 0 Å². The number of halogens is 4. The van der Waals surface area contributed by atoms with Crippen molar-refractivity contribution >= 4 is 34.2 Å². The summed E-state index contributed by atoms with van der Waals surface area (Å²) in [5.74, 6) is -3.22. The van der Waals surface area contributed by atoms with Gasteiger partial charge in [0.15, 0.2) is 0 Å². The van der Waals surface area contributed by atoms with Gasteiger partial charge in [-0.2, -0.15) is 0 Å². The molecule has 96 valence electrons. The molecular formula is C12H9F3INO. The normalized spacial score (nSPS) is 20.1. The third-order valence-electron chi connectivity index (χ3n) is 2.74. The summed E-state index contributed by atoms with van der Waals surface area (Å²) in [4.78, 5) is 13.0. The van der Waals surface area contributed by atoms with Gasteiger partial charge < -0.3 is 4.90 Å². The first-order chi connectivity index (χ1) is 8.41. The minimum absolute atomic E-state index is 0.142. The number of alkyl halides is 1. The highest BCUT2D eigenvalue weighted by Gasteiger charge is 2.29. The van der Waals surface area contributed by atoms with Gasteiger partial charge in [0.2, 0.25) is 5.91 Å². The van der Waals surface area contributed by atoms with Crippen molar-refractivity contribution in [2.75, 3.05) is 7.05 Å². The number of carbonyl (C=O) groups is 1. The van der Waals surface area contributed by atoms with Gasteiger partial charge in [0.1, 0.15) is 17.5 Å². The number of allylic oxidation sites excluding steroid dienone is 1. The number of hydrogen-bond donors (Lipinski definition) is 0. The Morgan fingerprint density at radius 1 is 1.28 bits per heavy atom. The van der Waals surface area contributed by atoms with Crippen LogP contribution in [0.2, 0.25) is 0 Å². The predicted molar refractivity (Wildman–Crippen MR) is 69.5 cm³/mol. The molecule has 6 heteroatoms. The summed E-state index contributed by atoms with van der Waals surface area (Å²) in [6.45, 7) is 0. The van der Waals surface area contributed by atoms with E-state index in [0.29, 0.717) is 18.6 Å². The molecule has 0 aromatic heterocycles. The SMILES string of the molecule is CN1C(=O)C(I)CC=C1c1c(F)cc(F)cc1F. The van der Waals surface area contributed by atoms with Crippen molar-refractivity contribution in [3.8, 4) is 0 Å². The molecule has 1 heterocycles. The highest BCUT2D eigenvalue weighted by Crippen LogP contribution is 2.31. The molecule has 0 fully saturated rings. The highest BCUT2D eigenvalue weighted by molar-refractivity contribution is 14.1. The lowest BCUT2D eigenvalue weighted by atomic mass is 10.0. The summed E-state index contributed by atoms with van der Waals surface area (Å²) in [6.07, 6.45) is 1.98. The monoisotopic (exact) mass is 367 g/mol. The van der Waals surface area contributed by atoms with E-state index >= 15 is 0 Å². The largest absolute Gasteiger partial charge is 0.314 e. The fourth-order valence-corrected chi connectivity index (χ4v) is 2.51. The first-order valence-electron chi connectivity index (χ1n) is 5.18. The van der Waals surface area contributed by atoms with Gasteiger partial charge in [-0.15, -0.1) is 0 Å². The van der Waals surface area contributed by atoms with Crippen LogP contribution in [0.4, 0.5) is 13.2 Å². The minimum Gasteiger partial charge on any atom is -0.314 e. The first-order valence-corrected chi connectivity index (χ1v) is 6.43. The third kappa shape index (κ3) is 2.25. The molecule has 1 aromatic rings. The van der Waals surface area contributed by atoms with E-state index in [2.05, 4.69) is 0 Å². The second kappa shape index (κ2) is 4.91. The fourth-order valence-electron chi connectivity index (χ4n) is 1.84. The molecular weight excluding hydrogens is 358 g/mol. The zero-order chi connectivity index (χ0) is 13.4. The fraction of sp³-hybridized carbons (Fsp3) is 0.250. The van der Waals surface area contributed by atoms with E-state index in [4.69, 9.17) is 0 Å². The Morgan fingerprint density at radius 2 is 1.83 bits per heavy atom. The molecule has 2 rings (SSSR count). The molecule has 2 nitrogen and oxygen atoms in total. The summed E-state index contributed by atoms with van der Waals surface area (Å²) >= 11 is 1.97. The standard InChI is InChI=1S/C12H9F3INO/c1-17-10(3-2-9(16)12(17)18)11-7(14)4-6(13)5-8(11)15/h3-5,9H,2H2,1H3. The van der Waals surface area contributed by atoms with Crippen molar-refractivity contribution in [1.29, 1.82) is 0 Å². The van der Waals surface area contributed by atoms with Crippen LogP contribution in [-0.4, -0.2) is 21.8 Å². The number of benzene rings is 1. The van der Waals surface area contributed by atoms with Gasteiger partial charge in [0.05, 0.1) is 15.2 Å². The maximum absolute atomic E-state index is 13.6. The first kappa shape index (κ1) is 13.4. The molecule has 1 aliphatic rings. The number of hydrogen-bond acceptors (Lipinski definition) is 1. The zero-order valence-electron chi connectivity index (χ0n) is 9.38. The lowest BCUT2D eigenvalue weighted by molar-refractivity contribution is -0.126. The molecule has 0 aliphatic carbocycles. The highest BCUT2D eigenvalue weighted by atomic mass is 127. The second-order valence-corrected chi connectivity index (χ2v) is 5.44. The van der Waals surface area contributed by atoms with Crippen LogP contribution in [0.5, 0.6) is 0 Å². The van der Waals surface area contributed by atoms with Crippen molar-refractivity contribution in [1.82, 2.24) is 4.90 Å². The van der Waals surface area contributed by atoms with Gasteiger partial charge in [-0.1, -0.05) is 28.7 Å². The summed E-state index contributed by atoms with van der Waals surface area (Å²) in [6, 6.07) is 1.21. The summed E-state index contributed by atoms with van der Waals surface area (Å²) in [5.41, 5.74) is -0.224. The van der Waals surface area contributed by atoms with Crippen molar-refractivity contribution in [2.24, 2.45) is 0 Å². The lowest BCUT2D eigenvalue weighted by Gasteiger charge is -2.28. The van der Waals surface area contributed by atoms with Crippen molar-refractivity contribution in [3.05, 3.63) is 41.2 Å². The van der Waals surface area contributed by atoms with Gasteiger partial charge in [-0.05, 0) is 6.42 Å². The minimum atomic E-state index is -1.01. The Morgan fingerprint density at radius 3 is 2.39 bits per heavy atom. The summed E-state index contributed by atoms with van der Waals surface area (Å²) < 4.78 is 39.8. The van der Waals surface area contributed by atoms with E-state index in [-0.39, 0.29) is 21.1 Å². The molecule has 1 unspecified atom stereocenters. The topological polar surface area (TPSA) is 20.3 Å². The van der Waals surface area contributed by atoms with Crippen molar-refractivity contribution in [3.63, 3.8) is 0 Å². The van der Waals surface area contributed by atoms with E-state index in [1.54, 1.807) is 6.08 Å². The van der Waals surface area contributed by atoms with Crippen LogP contribution in [0.3, 0.4) is 0 Å². The van der Waals surface area contributed by atoms with Crippen LogP contribution >= 0.6 is 22.6 Å². The Labute approximate surface area is 116 Å². The van der Waals surface area contributed by atoms with Crippen LogP contribution in [0.1, 0.15) is 12.0 Å². The number of carbonyl (C=O) groups excluding carboxylic acids is 1. The van der Waals surface area contributed by atoms with Gasteiger partial charge >= 0.3 is 0 Å². The Hall–Kier alpha value is -1.05. The lowest BCUT2D eigenvalue weighted by Crippen LogP contribution is -2.35. The zero-order valence-corrected chi connectivity index (χ0v) is 11.5. The van der Waals surface area contributed by atoms with E-state index in [1.165, 1.54) is 11.9 Å². The number of nitrogens with zero attached hydrogens (tertiary/aromatic N) is 1. The number of amides is 1. The molecule has 0 saturated carbocycles. The third-order valence-corrected chi connectivity index (χ3v) is 3.78. The van der Waals surface area contributed by atoms with E-state index in [0.717, 1.165) is 0 Å². The Kier molecular flexibility index (Phi) is 3.65. The van der Waals surface area contributed by atoms with E-state index in [1.807, 2.05) is 22.6 Å². The maximum atomic E-state index is 13.6. The molecule has 0 N–H and O–H groups in total. The van der Waals surface area contributed by atoms with Gasteiger partial charge in [-0.25, -0.2) is 13.2 Å².